The van der Waals surface area contributed by atoms with Crippen molar-refractivity contribution in [3.63, 3.8) is 0 Å². The van der Waals surface area contributed by atoms with Crippen LogP contribution in [0.25, 0.3) is 10.9 Å². The third-order valence-corrected chi connectivity index (χ3v) is 5.73. The maximum Gasteiger partial charge on any atom is 0.322 e. The van der Waals surface area contributed by atoms with E-state index in [2.05, 4.69) is 25.2 Å². The number of hydrogen-bond donors (Lipinski definition) is 2. The molecule has 34 heavy (non-hydrogen) atoms. The molecule has 0 bridgehead atoms. The summed E-state index contributed by atoms with van der Waals surface area (Å²) in [5.74, 6) is -0.449. The normalized spacial score (nSPS) is 13.9. The van der Waals surface area contributed by atoms with Gasteiger partial charge >= 0.3 is 6.03 Å². The van der Waals surface area contributed by atoms with Crippen molar-refractivity contribution in [2.45, 2.75) is 0 Å². The molecular weight excluding hydrogens is 466 g/mol. The number of benzene rings is 2. The van der Waals surface area contributed by atoms with Gasteiger partial charge < -0.3 is 24.8 Å². The van der Waals surface area contributed by atoms with E-state index in [1.54, 1.807) is 4.90 Å². The van der Waals surface area contributed by atoms with Gasteiger partial charge in [0, 0.05) is 49.5 Å². The zero-order chi connectivity index (χ0) is 23.7. The maximum absolute atomic E-state index is 13.9. The Balaban J connectivity index is 1.18. The predicted octanol–water partition coefficient (Wildman–Crippen LogP) is 5.04. The lowest BCUT2D eigenvalue weighted by Gasteiger charge is -2.36. The highest BCUT2D eigenvalue weighted by Gasteiger charge is 2.22. The maximum atomic E-state index is 13.9. The third kappa shape index (κ3) is 4.58. The number of H-pyrrole nitrogens is 1. The Bertz CT molecular complexity index is 1320. The summed E-state index contributed by atoms with van der Waals surface area (Å²) in [6.45, 7) is 2.26. The van der Waals surface area contributed by atoms with Crippen molar-refractivity contribution >= 4 is 39.9 Å². The second-order valence-electron chi connectivity index (χ2n) is 7.69. The zero-order valence-corrected chi connectivity index (χ0v) is 18.5. The molecule has 2 aromatic carbocycles. The summed E-state index contributed by atoms with van der Waals surface area (Å²) < 4.78 is 33.1. The van der Waals surface area contributed by atoms with Crippen LogP contribution in [0.1, 0.15) is 0 Å². The van der Waals surface area contributed by atoms with Crippen LogP contribution >= 0.6 is 11.6 Å². The fourth-order valence-electron chi connectivity index (χ4n) is 3.82. The molecule has 2 amide bonds. The Morgan fingerprint density at radius 2 is 1.82 bits per heavy atom. The predicted molar refractivity (Wildman–Crippen MR) is 125 cm³/mol. The van der Waals surface area contributed by atoms with E-state index >= 15 is 0 Å². The number of urea groups is 1. The number of ether oxygens (including phenoxy) is 1. The molecule has 8 nitrogen and oxygen atoms in total. The van der Waals surface area contributed by atoms with Gasteiger partial charge in [0.05, 0.1) is 23.6 Å². The number of anilines is 2. The van der Waals surface area contributed by atoms with E-state index in [9.17, 15) is 13.6 Å². The number of aromatic nitrogens is 3. The lowest BCUT2D eigenvalue weighted by Crippen LogP contribution is -2.50. The second kappa shape index (κ2) is 9.14. The van der Waals surface area contributed by atoms with Crippen molar-refractivity contribution in [3.8, 4) is 11.6 Å². The first-order valence-electron chi connectivity index (χ1n) is 10.5. The first-order chi connectivity index (χ1) is 16.5. The summed E-state index contributed by atoms with van der Waals surface area (Å²) >= 11 is 5.73. The average Bonchev–Trinajstić information content (AvgIpc) is 3.24. The molecule has 0 aliphatic carbocycles. The van der Waals surface area contributed by atoms with Crippen LogP contribution < -0.4 is 15.0 Å². The van der Waals surface area contributed by atoms with Crippen LogP contribution in [-0.4, -0.2) is 52.1 Å². The number of fused-ring (bicyclic) bond motifs is 1. The monoisotopic (exact) mass is 484 g/mol. The number of nitrogens with zero attached hydrogens (tertiary/aromatic N) is 4. The molecule has 0 spiro atoms. The molecule has 0 saturated carbocycles. The SMILES string of the molecule is O=C(Nc1c[nH]c2c(F)cc(F)cc12)N1CCN(c2ccc(Oc3cnc(Cl)cn3)cc2)CC1. The average molecular weight is 485 g/mol. The molecule has 5 rings (SSSR count). The number of piperazine rings is 1. The van der Waals surface area contributed by atoms with Gasteiger partial charge in [-0.3, -0.25) is 0 Å². The van der Waals surface area contributed by atoms with E-state index in [4.69, 9.17) is 16.3 Å². The minimum absolute atomic E-state index is 0.150. The van der Waals surface area contributed by atoms with Gasteiger partial charge in [-0.15, -0.1) is 0 Å². The summed E-state index contributed by atoms with van der Waals surface area (Å²) in [7, 11) is 0. The molecule has 1 aliphatic rings. The minimum atomic E-state index is -0.707. The van der Waals surface area contributed by atoms with Gasteiger partial charge in [0.1, 0.15) is 22.5 Å². The number of hydrogen-bond acceptors (Lipinski definition) is 5. The van der Waals surface area contributed by atoms with E-state index in [0.717, 1.165) is 11.8 Å². The molecule has 174 valence electrons. The summed E-state index contributed by atoms with van der Waals surface area (Å²) in [4.78, 5) is 27.3. The summed E-state index contributed by atoms with van der Waals surface area (Å²) in [5, 5.41) is 3.33. The molecule has 3 heterocycles. The Morgan fingerprint density at radius 1 is 1.06 bits per heavy atom. The van der Waals surface area contributed by atoms with Gasteiger partial charge in [-0.05, 0) is 30.3 Å². The van der Waals surface area contributed by atoms with Gasteiger partial charge in [-0.25, -0.2) is 23.5 Å². The number of rotatable bonds is 4. The number of halogens is 3. The minimum Gasteiger partial charge on any atom is -0.438 e. The largest absolute Gasteiger partial charge is 0.438 e. The molecule has 0 atom stereocenters. The highest BCUT2D eigenvalue weighted by molar-refractivity contribution is 6.29. The lowest BCUT2D eigenvalue weighted by molar-refractivity contribution is 0.208. The van der Waals surface area contributed by atoms with Crippen molar-refractivity contribution in [1.29, 1.82) is 0 Å². The molecule has 2 aromatic heterocycles. The fourth-order valence-corrected chi connectivity index (χ4v) is 3.92. The van der Waals surface area contributed by atoms with Crippen molar-refractivity contribution in [2.75, 3.05) is 36.4 Å². The van der Waals surface area contributed by atoms with Crippen LogP contribution in [0.5, 0.6) is 11.6 Å². The van der Waals surface area contributed by atoms with Gasteiger partial charge in [0.15, 0.2) is 0 Å². The number of amides is 2. The van der Waals surface area contributed by atoms with Crippen LogP contribution in [0, 0.1) is 11.6 Å². The molecule has 4 aromatic rings. The number of carbonyl (C=O) groups excluding carboxylic acids is 1. The molecule has 0 radical (unpaired) electrons. The molecule has 0 unspecified atom stereocenters. The Kier molecular flexibility index (Phi) is 5.89. The molecule has 1 saturated heterocycles. The van der Waals surface area contributed by atoms with E-state index in [1.165, 1.54) is 24.7 Å². The summed E-state index contributed by atoms with van der Waals surface area (Å²) in [6, 6.07) is 9.20. The van der Waals surface area contributed by atoms with E-state index in [1.807, 2.05) is 24.3 Å². The standard InChI is InChI=1S/C23H19ClF2N6O2/c24-20-12-28-21(13-27-20)34-16-3-1-15(2-4-16)31-5-7-32(8-6-31)23(33)30-19-11-29-22-17(19)9-14(25)10-18(22)26/h1-4,9-13,29H,5-8H2,(H,30,33). The van der Waals surface area contributed by atoms with Crippen LogP contribution in [0.4, 0.5) is 25.0 Å². The number of aromatic amines is 1. The van der Waals surface area contributed by atoms with Crippen LogP contribution in [-0.2, 0) is 0 Å². The highest BCUT2D eigenvalue weighted by atomic mass is 35.5. The third-order valence-electron chi connectivity index (χ3n) is 5.54. The highest BCUT2D eigenvalue weighted by Crippen LogP contribution is 2.27. The van der Waals surface area contributed by atoms with Gasteiger partial charge in [0.2, 0.25) is 5.88 Å². The molecule has 1 aliphatic heterocycles. The number of carbonyl (C=O) groups is 1. The molecule has 1 fully saturated rings. The fraction of sp³-hybridized carbons (Fsp3) is 0.174. The van der Waals surface area contributed by atoms with Gasteiger partial charge in [-0.1, -0.05) is 11.6 Å². The van der Waals surface area contributed by atoms with E-state index in [-0.39, 0.29) is 16.9 Å². The Morgan fingerprint density at radius 3 is 2.53 bits per heavy atom. The summed E-state index contributed by atoms with van der Waals surface area (Å²) in [6.07, 6.45) is 4.32. The van der Waals surface area contributed by atoms with Crippen LogP contribution in [0.3, 0.4) is 0 Å². The Labute approximate surface area is 198 Å². The van der Waals surface area contributed by atoms with Gasteiger partial charge in [-0.2, -0.15) is 0 Å². The van der Waals surface area contributed by atoms with Crippen molar-refractivity contribution in [3.05, 3.63) is 71.8 Å². The van der Waals surface area contributed by atoms with Crippen molar-refractivity contribution in [1.82, 2.24) is 19.9 Å². The second-order valence-corrected chi connectivity index (χ2v) is 8.08. The molecular formula is C23H19ClF2N6O2. The number of nitrogens with one attached hydrogen (secondary N) is 2. The first-order valence-corrected chi connectivity index (χ1v) is 10.9. The smallest absolute Gasteiger partial charge is 0.322 e. The first kappa shape index (κ1) is 21.9. The quantitative estimate of drug-likeness (QED) is 0.424. The summed E-state index contributed by atoms with van der Waals surface area (Å²) in [5.41, 5.74) is 1.48. The van der Waals surface area contributed by atoms with Gasteiger partial charge in [0.25, 0.3) is 0 Å². The zero-order valence-electron chi connectivity index (χ0n) is 17.8. The van der Waals surface area contributed by atoms with Crippen LogP contribution in [0.15, 0.2) is 55.0 Å². The molecule has 2 N–H and O–H groups in total. The lowest BCUT2D eigenvalue weighted by atomic mass is 10.2. The van der Waals surface area contributed by atoms with Crippen molar-refractivity contribution in [2.24, 2.45) is 0 Å². The molecule has 11 heteroatoms. The topological polar surface area (TPSA) is 86.4 Å². The Hall–Kier alpha value is -3.92. The van der Waals surface area contributed by atoms with E-state index < -0.39 is 11.6 Å². The van der Waals surface area contributed by atoms with E-state index in [0.29, 0.717) is 48.6 Å². The van der Waals surface area contributed by atoms with Crippen LogP contribution in [0.2, 0.25) is 5.15 Å². The van der Waals surface area contributed by atoms with Crippen molar-refractivity contribution < 1.29 is 18.3 Å².